The zero-order valence-electron chi connectivity index (χ0n) is 19.8. The Balaban J connectivity index is 1.55. The largest absolute Gasteiger partial charge is 0.497 e. The number of fused-ring (bicyclic) bond motifs is 2. The molecule has 0 aromatic heterocycles. The summed E-state index contributed by atoms with van der Waals surface area (Å²) in [5.41, 5.74) is 3.45. The Morgan fingerprint density at radius 2 is 1.70 bits per heavy atom. The fraction of sp³-hybridized carbons (Fsp3) is 0.379. The molecule has 174 valence electrons. The van der Waals surface area contributed by atoms with Crippen molar-refractivity contribution >= 4 is 10.8 Å². The summed E-state index contributed by atoms with van der Waals surface area (Å²) < 4.78 is 24.4. The number of hydrogen-bond donors (Lipinski definition) is 0. The first-order valence-electron chi connectivity index (χ1n) is 11.7. The normalized spacial score (nSPS) is 22.3. The first-order chi connectivity index (χ1) is 16.1. The molecule has 3 aromatic carbocycles. The standard InChI is InChI=1S/C29H34O4/c1-5-20(2)29-21(3)28(32-16-22-10-12-27(30-4)13-11-22)19-31-17-25-14-23-8-6-7-9-24(23)15-26(25)18-33-29/h5-15,20-21,28-29H,1,16-19H2,2-4H3/t20?,21-,28?,29+/m1/s1. The van der Waals surface area contributed by atoms with Gasteiger partial charge >= 0.3 is 0 Å². The first kappa shape index (κ1) is 23.5. The molecule has 0 saturated heterocycles. The van der Waals surface area contributed by atoms with E-state index in [4.69, 9.17) is 18.9 Å². The topological polar surface area (TPSA) is 36.9 Å². The molecule has 33 heavy (non-hydrogen) atoms. The summed E-state index contributed by atoms with van der Waals surface area (Å²) in [6.45, 7) is 10.5. The lowest BCUT2D eigenvalue weighted by molar-refractivity contribution is -0.112. The molecular formula is C29H34O4. The Hall–Kier alpha value is -2.66. The highest BCUT2D eigenvalue weighted by atomic mass is 16.5. The fourth-order valence-electron chi connectivity index (χ4n) is 4.48. The lowest BCUT2D eigenvalue weighted by atomic mass is 9.88. The molecule has 0 saturated carbocycles. The highest BCUT2D eigenvalue weighted by Crippen LogP contribution is 2.29. The molecule has 1 aliphatic heterocycles. The van der Waals surface area contributed by atoms with E-state index in [1.165, 1.54) is 21.9 Å². The molecule has 4 nitrogen and oxygen atoms in total. The van der Waals surface area contributed by atoms with Crippen molar-refractivity contribution in [2.45, 2.75) is 45.9 Å². The van der Waals surface area contributed by atoms with E-state index in [0.717, 1.165) is 11.3 Å². The van der Waals surface area contributed by atoms with Gasteiger partial charge in [-0.25, -0.2) is 0 Å². The highest BCUT2D eigenvalue weighted by molar-refractivity contribution is 5.84. The average Bonchev–Trinajstić information content (AvgIpc) is 2.85. The molecule has 0 bridgehead atoms. The van der Waals surface area contributed by atoms with Gasteiger partial charge in [0.15, 0.2) is 0 Å². The van der Waals surface area contributed by atoms with E-state index in [1.807, 2.05) is 30.3 Å². The van der Waals surface area contributed by atoms with Gasteiger partial charge in [0.05, 0.1) is 45.7 Å². The minimum atomic E-state index is -0.0958. The zero-order valence-corrected chi connectivity index (χ0v) is 19.8. The summed E-state index contributed by atoms with van der Waals surface area (Å²) in [5.74, 6) is 1.17. The van der Waals surface area contributed by atoms with Gasteiger partial charge < -0.3 is 18.9 Å². The van der Waals surface area contributed by atoms with Crippen molar-refractivity contribution in [2.75, 3.05) is 13.7 Å². The Bertz CT molecular complexity index is 1060. The Labute approximate surface area is 197 Å². The monoisotopic (exact) mass is 446 g/mol. The summed E-state index contributed by atoms with van der Waals surface area (Å²) in [6.07, 6.45) is 1.85. The molecule has 3 aromatic rings. The number of rotatable bonds is 6. The van der Waals surface area contributed by atoms with Crippen molar-refractivity contribution in [1.29, 1.82) is 0 Å². The van der Waals surface area contributed by atoms with E-state index in [-0.39, 0.29) is 24.0 Å². The molecule has 4 heteroatoms. The van der Waals surface area contributed by atoms with Gasteiger partial charge in [0.2, 0.25) is 0 Å². The lowest BCUT2D eigenvalue weighted by Crippen LogP contribution is -2.40. The SMILES string of the molecule is C=CC(C)[C@@H]1OCc2cc3ccccc3cc2COCC(OCc2ccc(OC)cc2)[C@H]1C. The van der Waals surface area contributed by atoms with E-state index in [0.29, 0.717) is 26.4 Å². The lowest BCUT2D eigenvalue weighted by Gasteiger charge is -2.35. The summed E-state index contributed by atoms with van der Waals surface area (Å²) in [4.78, 5) is 0. The summed E-state index contributed by atoms with van der Waals surface area (Å²) in [6, 6.07) is 20.9. The average molecular weight is 447 g/mol. The maximum absolute atomic E-state index is 6.55. The quantitative estimate of drug-likeness (QED) is 0.416. The number of hydrogen-bond acceptors (Lipinski definition) is 4. The van der Waals surface area contributed by atoms with Gasteiger partial charge in [-0.3, -0.25) is 0 Å². The van der Waals surface area contributed by atoms with Crippen LogP contribution in [0.5, 0.6) is 5.75 Å². The van der Waals surface area contributed by atoms with Crippen LogP contribution >= 0.6 is 0 Å². The van der Waals surface area contributed by atoms with Crippen molar-refractivity contribution < 1.29 is 18.9 Å². The second kappa shape index (κ2) is 11.0. The second-order valence-corrected chi connectivity index (χ2v) is 8.91. The Kier molecular flexibility index (Phi) is 7.81. The minimum absolute atomic E-state index is 0.0237. The van der Waals surface area contributed by atoms with E-state index in [1.54, 1.807) is 7.11 Å². The van der Waals surface area contributed by atoms with E-state index >= 15 is 0 Å². The molecule has 0 spiro atoms. The second-order valence-electron chi connectivity index (χ2n) is 8.91. The first-order valence-corrected chi connectivity index (χ1v) is 11.7. The van der Waals surface area contributed by atoms with Crippen LogP contribution in [-0.2, 0) is 34.0 Å². The molecule has 0 radical (unpaired) electrons. The van der Waals surface area contributed by atoms with Crippen molar-refractivity contribution in [3.8, 4) is 5.75 Å². The van der Waals surface area contributed by atoms with Gasteiger partial charge in [-0.1, -0.05) is 56.3 Å². The van der Waals surface area contributed by atoms with Crippen LogP contribution in [0, 0.1) is 11.8 Å². The van der Waals surface area contributed by atoms with Crippen LogP contribution in [0.1, 0.15) is 30.5 Å². The molecule has 1 heterocycles. The van der Waals surface area contributed by atoms with Crippen LogP contribution < -0.4 is 4.74 Å². The molecule has 0 aliphatic carbocycles. The van der Waals surface area contributed by atoms with Gasteiger partial charge in [0.1, 0.15) is 5.75 Å². The van der Waals surface area contributed by atoms with Crippen LogP contribution in [0.2, 0.25) is 0 Å². The number of methoxy groups -OCH3 is 1. The molecular weight excluding hydrogens is 412 g/mol. The molecule has 0 amide bonds. The van der Waals surface area contributed by atoms with Crippen molar-refractivity contribution in [2.24, 2.45) is 11.8 Å². The van der Waals surface area contributed by atoms with Crippen LogP contribution in [-0.4, -0.2) is 25.9 Å². The zero-order chi connectivity index (χ0) is 23.2. The summed E-state index contributed by atoms with van der Waals surface area (Å²) >= 11 is 0. The third-order valence-electron chi connectivity index (χ3n) is 6.66. The van der Waals surface area contributed by atoms with Gasteiger partial charge in [-0.15, -0.1) is 6.58 Å². The molecule has 1 aliphatic rings. The molecule has 2 unspecified atom stereocenters. The van der Waals surface area contributed by atoms with Gasteiger partial charge in [-0.05, 0) is 51.7 Å². The van der Waals surface area contributed by atoms with Crippen LogP contribution in [0.15, 0.2) is 73.3 Å². The number of benzene rings is 3. The Morgan fingerprint density at radius 3 is 2.33 bits per heavy atom. The fourth-order valence-corrected chi connectivity index (χ4v) is 4.48. The third kappa shape index (κ3) is 5.64. The third-order valence-corrected chi connectivity index (χ3v) is 6.66. The van der Waals surface area contributed by atoms with Crippen molar-refractivity contribution in [1.82, 2.24) is 0 Å². The van der Waals surface area contributed by atoms with Crippen LogP contribution in [0.3, 0.4) is 0 Å². The number of ether oxygens (including phenoxy) is 4. The van der Waals surface area contributed by atoms with Crippen molar-refractivity contribution in [3.05, 3.63) is 90.0 Å². The van der Waals surface area contributed by atoms with Gasteiger partial charge in [-0.2, -0.15) is 0 Å². The van der Waals surface area contributed by atoms with E-state index < -0.39 is 0 Å². The van der Waals surface area contributed by atoms with Gasteiger partial charge in [0.25, 0.3) is 0 Å². The predicted octanol–water partition coefficient (Wildman–Crippen LogP) is 6.31. The van der Waals surface area contributed by atoms with Crippen LogP contribution in [0.25, 0.3) is 10.8 Å². The highest BCUT2D eigenvalue weighted by Gasteiger charge is 2.31. The summed E-state index contributed by atoms with van der Waals surface area (Å²) in [7, 11) is 1.67. The summed E-state index contributed by atoms with van der Waals surface area (Å²) in [5, 5.41) is 2.44. The molecule has 0 N–H and O–H groups in total. The molecule has 0 fully saturated rings. The minimum Gasteiger partial charge on any atom is -0.497 e. The van der Waals surface area contributed by atoms with Crippen LogP contribution in [0.4, 0.5) is 0 Å². The van der Waals surface area contributed by atoms with Gasteiger partial charge in [0, 0.05) is 11.8 Å². The Morgan fingerprint density at radius 1 is 1.03 bits per heavy atom. The van der Waals surface area contributed by atoms with Crippen molar-refractivity contribution in [3.63, 3.8) is 0 Å². The predicted molar refractivity (Wildman–Crippen MR) is 132 cm³/mol. The maximum Gasteiger partial charge on any atom is 0.118 e. The molecule has 4 rings (SSSR count). The molecule has 4 atom stereocenters. The van der Waals surface area contributed by atoms with E-state index in [9.17, 15) is 0 Å². The van der Waals surface area contributed by atoms with E-state index in [2.05, 4.69) is 56.8 Å². The maximum atomic E-state index is 6.55. The smallest absolute Gasteiger partial charge is 0.118 e.